The van der Waals surface area contributed by atoms with Crippen LogP contribution in [0.2, 0.25) is 0 Å². The molecule has 2 aromatic rings. The normalized spacial score (nSPS) is 12.3. The van der Waals surface area contributed by atoms with Crippen molar-refractivity contribution < 1.29 is 10.1 Å². The van der Waals surface area contributed by atoms with Crippen LogP contribution in [-0.4, -0.2) is 19.0 Å². The van der Waals surface area contributed by atoms with Crippen molar-refractivity contribution >= 4 is 17.2 Å². The maximum atomic E-state index is 11.9. The number of benzene rings is 1. The van der Waals surface area contributed by atoms with Crippen molar-refractivity contribution in [1.29, 1.82) is 0 Å². The lowest BCUT2D eigenvalue weighted by Crippen LogP contribution is -2.87. The number of thiophene rings is 1. The number of rotatable bonds is 7. The summed E-state index contributed by atoms with van der Waals surface area (Å²) in [5.41, 5.74) is 1.23. The molecule has 3 N–H and O–H groups in total. The Morgan fingerprint density at radius 3 is 2.57 bits per heavy atom. The smallest absolute Gasteiger partial charge is 0.275 e. The van der Waals surface area contributed by atoms with Gasteiger partial charge in [0.2, 0.25) is 0 Å². The molecule has 0 radical (unpaired) electrons. The van der Waals surface area contributed by atoms with Gasteiger partial charge in [-0.2, -0.15) is 0 Å². The molecule has 0 saturated carbocycles. The maximum Gasteiger partial charge on any atom is 0.275 e. The second-order valence-corrected chi connectivity index (χ2v) is 6.52. The Balaban J connectivity index is 1.99. The topological polar surface area (TPSA) is 45.7 Å². The maximum absolute atomic E-state index is 11.9. The van der Waals surface area contributed by atoms with Crippen molar-refractivity contribution in [2.45, 2.75) is 19.9 Å². The molecule has 1 atom stereocenters. The molecular formula is C17H23N2OS+. The average molecular weight is 303 g/mol. The molecule has 2 rings (SSSR count). The molecule has 1 amide bonds. The Kier molecular flexibility index (Phi) is 5.96. The van der Waals surface area contributed by atoms with Crippen LogP contribution in [0.1, 0.15) is 30.3 Å². The standard InChI is InChI=1S/C17H22N2OS/c1-13(2)11-18-16(20)12-19-17(15-9-6-10-21-15)14-7-4-3-5-8-14/h3-10,13,17,19H,11-12H2,1-2H3,(H,18,20)/p+1/t17-/m0/s1. The molecule has 0 spiro atoms. The van der Waals surface area contributed by atoms with Gasteiger partial charge in [0.25, 0.3) is 5.91 Å². The van der Waals surface area contributed by atoms with Gasteiger partial charge in [0.05, 0.1) is 4.88 Å². The van der Waals surface area contributed by atoms with E-state index in [9.17, 15) is 4.79 Å². The van der Waals surface area contributed by atoms with Crippen LogP contribution in [0, 0.1) is 5.92 Å². The van der Waals surface area contributed by atoms with Crippen LogP contribution in [0.5, 0.6) is 0 Å². The van der Waals surface area contributed by atoms with Gasteiger partial charge in [0, 0.05) is 12.1 Å². The highest BCUT2D eigenvalue weighted by Crippen LogP contribution is 2.22. The molecule has 0 aliphatic rings. The van der Waals surface area contributed by atoms with Crippen molar-refractivity contribution in [3.05, 3.63) is 58.3 Å². The zero-order chi connectivity index (χ0) is 15.1. The fourth-order valence-electron chi connectivity index (χ4n) is 2.16. The second kappa shape index (κ2) is 7.96. The number of quaternary nitrogens is 1. The Labute approximate surface area is 130 Å². The molecule has 0 fully saturated rings. The lowest BCUT2D eigenvalue weighted by molar-refractivity contribution is -0.676. The summed E-state index contributed by atoms with van der Waals surface area (Å²) in [6.07, 6.45) is 0. The molecule has 0 aliphatic heterocycles. The number of carbonyl (C=O) groups is 1. The average Bonchev–Trinajstić information content (AvgIpc) is 3.00. The summed E-state index contributed by atoms with van der Waals surface area (Å²) in [6.45, 7) is 5.39. The van der Waals surface area contributed by atoms with Gasteiger partial charge in [-0.15, -0.1) is 11.3 Å². The molecule has 4 heteroatoms. The lowest BCUT2D eigenvalue weighted by Gasteiger charge is -2.15. The van der Waals surface area contributed by atoms with Crippen LogP contribution in [0.3, 0.4) is 0 Å². The monoisotopic (exact) mass is 303 g/mol. The number of amides is 1. The van der Waals surface area contributed by atoms with E-state index in [0.717, 1.165) is 6.54 Å². The summed E-state index contributed by atoms with van der Waals surface area (Å²) >= 11 is 1.73. The Hall–Kier alpha value is -1.65. The third-order valence-electron chi connectivity index (χ3n) is 3.25. The highest BCUT2D eigenvalue weighted by Gasteiger charge is 2.19. The number of hydrogen-bond donors (Lipinski definition) is 2. The minimum absolute atomic E-state index is 0.0983. The summed E-state index contributed by atoms with van der Waals surface area (Å²) in [6, 6.07) is 14.7. The summed E-state index contributed by atoms with van der Waals surface area (Å²) < 4.78 is 0. The van der Waals surface area contributed by atoms with Gasteiger partial charge in [-0.25, -0.2) is 0 Å². The Morgan fingerprint density at radius 1 is 1.19 bits per heavy atom. The van der Waals surface area contributed by atoms with Crippen LogP contribution < -0.4 is 10.6 Å². The molecule has 0 saturated heterocycles. The zero-order valence-corrected chi connectivity index (χ0v) is 13.4. The van der Waals surface area contributed by atoms with Gasteiger partial charge < -0.3 is 10.6 Å². The van der Waals surface area contributed by atoms with E-state index in [1.54, 1.807) is 11.3 Å². The second-order valence-electron chi connectivity index (χ2n) is 5.54. The summed E-state index contributed by atoms with van der Waals surface area (Å²) in [4.78, 5) is 13.2. The van der Waals surface area contributed by atoms with Gasteiger partial charge in [0.1, 0.15) is 6.04 Å². The Bertz CT molecular complexity index is 537. The first kappa shape index (κ1) is 15.7. The summed E-state index contributed by atoms with van der Waals surface area (Å²) in [7, 11) is 0. The molecule has 3 nitrogen and oxygen atoms in total. The van der Waals surface area contributed by atoms with Crippen molar-refractivity contribution in [3.63, 3.8) is 0 Å². The van der Waals surface area contributed by atoms with Gasteiger partial charge in [-0.1, -0.05) is 50.2 Å². The highest BCUT2D eigenvalue weighted by atomic mass is 32.1. The lowest BCUT2D eigenvalue weighted by atomic mass is 10.1. The first-order valence-corrected chi connectivity index (χ1v) is 8.23. The van der Waals surface area contributed by atoms with Crippen molar-refractivity contribution in [1.82, 2.24) is 5.32 Å². The zero-order valence-electron chi connectivity index (χ0n) is 12.6. The van der Waals surface area contributed by atoms with Crippen molar-refractivity contribution in [3.8, 4) is 0 Å². The number of nitrogens with one attached hydrogen (secondary N) is 1. The predicted molar refractivity (Wildman–Crippen MR) is 87.2 cm³/mol. The van der Waals surface area contributed by atoms with Gasteiger partial charge >= 0.3 is 0 Å². The quantitative estimate of drug-likeness (QED) is 0.809. The predicted octanol–water partition coefficient (Wildman–Crippen LogP) is 2.17. The van der Waals surface area contributed by atoms with Crippen LogP contribution in [0.4, 0.5) is 0 Å². The fraction of sp³-hybridized carbons (Fsp3) is 0.353. The SMILES string of the molecule is CC(C)CNC(=O)C[NH2+][C@@H](c1ccccc1)c1cccs1. The summed E-state index contributed by atoms with van der Waals surface area (Å²) in [5, 5.41) is 7.16. The van der Waals surface area contributed by atoms with Gasteiger partial charge in [0.15, 0.2) is 6.54 Å². The fourth-order valence-corrected chi connectivity index (χ4v) is 3.01. The minimum atomic E-state index is 0.0983. The molecule has 21 heavy (non-hydrogen) atoms. The Morgan fingerprint density at radius 2 is 1.95 bits per heavy atom. The molecule has 0 bridgehead atoms. The van der Waals surface area contributed by atoms with E-state index in [0.29, 0.717) is 12.5 Å². The molecule has 1 aromatic carbocycles. The van der Waals surface area contributed by atoms with E-state index in [4.69, 9.17) is 0 Å². The number of hydrogen-bond acceptors (Lipinski definition) is 2. The highest BCUT2D eigenvalue weighted by molar-refractivity contribution is 7.10. The van der Waals surface area contributed by atoms with E-state index in [-0.39, 0.29) is 11.9 Å². The molecule has 0 unspecified atom stereocenters. The van der Waals surface area contributed by atoms with Gasteiger partial charge in [-0.05, 0) is 17.4 Å². The molecule has 112 valence electrons. The van der Waals surface area contributed by atoms with Crippen molar-refractivity contribution in [2.75, 3.05) is 13.1 Å². The molecule has 1 heterocycles. The van der Waals surface area contributed by atoms with Crippen LogP contribution in [0.25, 0.3) is 0 Å². The number of nitrogens with two attached hydrogens (primary N) is 1. The minimum Gasteiger partial charge on any atom is -0.351 e. The molecule has 1 aromatic heterocycles. The molecule has 0 aliphatic carbocycles. The van der Waals surface area contributed by atoms with E-state index in [1.807, 2.05) is 18.2 Å². The third-order valence-corrected chi connectivity index (χ3v) is 4.21. The van der Waals surface area contributed by atoms with E-state index >= 15 is 0 Å². The van der Waals surface area contributed by atoms with Crippen molar-refractivity contribution in [2.24, 2.45) is 5.92 Å². The van der Waals surface area contributed by atoms with Crippen LogP contribution in [0.15, 0.2) is 47.8 Å². The first-order chi connectivity index (χ1) is 10.2. The van der Waals surface area contributed by atoms with E-state index < -0.39 is 0 Å². The van der Waals surface area contributed by atoms with Crippen LogP contribution in [-0.2, 0) is 4.79 Å². The van der Waals surface area contributed by atoms with E-state index in [1.165, 1.54) is 10.4 Å². The molecular weight excluding hydrogens is 280 g/mol. The largest absolute Gasteiger partial charge is 0.351 e. The number of carbonyl (C=O) groups excluding carboxylic acids is 1. The van der Waals surface area contributed by atoms with Gasteiger partial charge in [-0.3, -0.25) is 4.79 Å². The third kappa shape index (κ3) is 4.99. The summed E-state index contributed by atoms with van der Waals surface area (Å²) in [5.74, 6) is 0.581. The van der Waals surface area contributed by atoms with E-state index in [2.05, 4.69) is 54.1 Å². The van der Waals surface area contributed by atoms with Crippen LogP contribution >= 0.6 is 11.3 Å². The first-order valence-electron chi connectivity index (χ1n) is 7.35.